The first-order chi connectivity index (χ1) is 9.81. The number of benzene rings is 2. The van der Waals surface area contributed by atoms with Crippen molar-refractivity contribution in [3.05, 3.63) is 84.5 Å². The van der Waals surface area contributed by atoms with Crippen molar-refractivity contribution in [1.82, 2.24) is 0 Å². The predicted molar refractivity (Wildman–Crippen MR) is 81.9 cm³/mol. The molecule has 2 nitrogen and oxygen atoms in total. The SMILES string of the molecule is C=CCOc1ccccc1/C=C/C(=O)c1ccccc1. The highest BCUT2D eigenvalue weighted by Crippen LogP contribution is 2.19. The van der Waals surface area contributed by atoms with E-state index in [0.29, 0.717) is 12.2 Å². The van der Waals surface area contributed by atoms with Gasteiger partial charge in [0.05, 0.1) is 0 Å². The maximum Gasteiger partial charge on any atom is 0.185 e. The number of carbonyl (C=O) groups excluding carboxylic acids is 1. The normalized spacial score (nSPS) is 10.4. The predicted octanol–water partition coefficient (Wildman–Crippen LogP) is 4.15. The van der Waals surface area contributed by atoms with E-state index in [0.717, 1.165) is 11.3 Å². The van der Waals surface area contributed by atoms with E-state index in [2.05, 4.69) is 6.58 Å². The molecule has 100 valence electrons. The maximum atomic E-state index is 12.0. The van der Waals surface area contributed by atoms with Gasteiger partial charge in [-0.05, 0) is 18.2 Å². The summed E-state index contributed by atoms with van der Waals surface area (Å²) < 4.78 is 5.54. The fourth-order valence-electron chi connectivity index (χ4n) is 1.76. The molecular weight excluding hydrogens is 248 g/mol. The molecule has 0 aliphatic heterocycles. The summed E-state index contributed by atoms with van der Waals surface area (Å²) in [6, 6.07) is 16.8. The minimum atomic E-state index is -0.0240. The quantitative estimate of drug-likeness (QED) is 0.445. The average molecular weight is 264 g/mol. The summed E-state index contributed by atoms with van der Waals surface area (Å²) >= 11 is 0. The summed E-state index contributed by atoms with van der Waals surface area (Å²) in [5, 5.41) is 0. The molecule has 0 atom stereocenters. The van der Waals surface area contributed by atoms with Gasteiger partial charge in [-0.2, -0.15) is 0 Å². The van der Waals surface area contributed by atoms with Crippen LogP contribution in [0.5, 0.6) is 5.75 Å². The van der Waals surface area contributed by atoms with Gasteiger partial charge in [-0.1, -0.05) is 61.2 Å². The summed E-state index contributed by atoms with van der Waals surface area (Å²) in [6.07, 6.45) is 5.02. The van der Waals surface area contributed by atoms with Crippen LogP contribution in [0, 0.1) is 0 Å². The lowest BCUT2D eigenvalue weighted by Crippen LogP contribution is -1.96. The van der Waals surface area contributed by atoms with Crippen LogP contribution < -0.4 is 4.74 Å². The molecule has 0 saturated heterocycles. The third kappa shape index (κ3) is 3.69. The zero-order chi connectivity index (χ0) is 14.2. The molecule has 0 unspecified atom stereocenters. The molecule has 0 aliphatic rings. The Bertz CT molecular complexity index is 612. The highest BCUT2D eigenvalue weighted by atomic mass is 16.5. The van der Waals surface area contributed by atoms with E-state index in [1.165, 1.54) is 0 Å². The fraction of sp³-hybridized carbons (Fsp3) is 0.0556. The van der Waals surface area contributed by atoms with E-state index in [1.807, 2.05) is 42.5 Å². The topological polar surface area (TPSA) is 26.3 Å². The third-order valence-electron chi connectivity index (χ3n) is 2.75. The maximum absolute atomic E-state index is 12.0. The lowest BCUT2D eigenvalue weighted by Gasteiger charge is -2.06. The molecule has 0 heterocycles. The van der Waals surface area contributed by atoms with Crippen molar-refractivity contribution in [2.24, 2.45) is 0 Å². The first-order valence-electron chi connectivity index (χ1n) is 6.41. The van der Waals surface area contributed by atoms with Gasteiger partial charge in [0.25, 0.3) is 0 Å². The number of allylic oxidation sites excluding steroid dienone is 1. The lowest BCUT2D eigenvalue weighted by molar-refractivity contribution is 0.104. The molecule has 0 saturated carbocycles. The Morgan fingerprint density at radius 1 is 1.05 bits per heavy atom. The molecule has 0 N–H and O–H groups in total. The van der Waals surface area contributed by atoms with Crippen molar-refractivity contribution in [3.8, 4) is 5.75 Å². The second kappa shape index (κ2) is 7.10. The first-order valence-corrected chi connectivity index (χ1v) is 6.41. The number of para-hydroxylation sites is 1. The summed E-state index contributed by atoms with van der Waals surface area (Å²) in [7, 11) is 0. The largest absolute Gasteiger partial charge is 0.489 e. The molecule has 2 rings (SSSR count). The van der Waals surface area contributed by atoms with Crippen LogP contribution in [0.3, 0.4) is 0 Å². The number of rotatable bonds is 6. The zero-order valence-corrected chi connectivity index (χ0v) is 11.2. The van der Waals surface area contributed by atoms with E-state index >= 15 is 0 Å². The molecule has 2 aromatic carbocycles. The Balaban J connectivity index is 2.15. The molecule has 0 fully saturated rings. The minimum Gasteiger partial charge on any atom is -0.489 e. The van der Waals surface area contributed by atoms with Crippen molar-refractivity contribution in [3.63, 3.8) is 0 Å². The van der Waals surface area contributed by atoms with Crippen molar-refractivity contribution >= 4 is 11.9 Å². The van der Waals surface area contributed by atoms with Gasteiger partial charge in [0.1, 0.15) is 12.4 Å². The van der Waals surface area contributed by atoms with Crippen molar-refractivity contribution in [2.75, 3.05) is 6.61 Å². The number of carbonyl (C=O) groups is 1. The van der Waals surface area contributed by atoms with Gasteiger partial charge >= 0.3 is 0 Å². The van der Waals surface area contributed by atoms with Crippen LogP contribution in [-0.2, 0) is 0 Å². The van der Waals surface area contributed by atoms with Crippen LogP contribution in [0.25, 0.3) is 6.08 Å². The van der Waals surface area contributed by atoms with Crippen LogP contribution in [0.15, 0.2) is 73.3 Å². The second-order valence-corrected chi connectivity index (χ2v) is 4.20. The molecule has 0 amide bonds. The highest BCUT2D eigenvalue weighted by Gasteiger charge is 2.02. The van der Waals surface area contributed by atoms with E-state index in [-0.39, 0.29) is 5.78 Å². The van der Waals surface area contributed by atoms with E-state index in [1.54, 1.807) is 30.4 Å². The molecule has 0 bridgehead atoms. The van der Waals surface area contributed by atoms with Gasteiger partial charge in [-0.3, -0.25) is 4.79 Å². The van der Waals surface area contributed by atoms with Gasteiger partial charge in [0.15, 0.2) is 5.78 Å². The average Bonchev–Trinajstić information content (AvgIpc) is 2.52. The van der Waals surface area contributed by atoms with Gasteiger partial charge < -0.3 is 4.74 Å². The van der Waals surface area contributed by atoms with Gasteiger partial charge in [0.2, 0.25) is 0 Å². The molecule has 0 spiro atoms. The second-order valence-electron chi connectivity index (χ2n) is 4.20. The monoisotopic (exact) mass is 264 g/mol. The summed E-state index contributed by atoms with van der Waals surface area (Å²) in [6.45, 7) is 4.06. The number of ether oxygens (including phenoxy) is 1. The Morgan fingerprint density at radius 3 is 2.50 bits per heavy atom. The van der Waals surface area contributed by atoms with Crippen LogP contribution in [0.2, 0.25) is 0 Å². The van der Waals surface area contributed by atoms with Crippen LogP contribution in [0.1, 0.15) is 15.9 Å². The molecule has 0 radical (unpaired) electrons. The standard InChI is InChI=1S/C18H16O2/c1-2-14-20-18-11-7-6-10-16(18)12-13-17(19)15-8-4-3-5-9-15/h2-13H,1,14H2/b13-12+. The van der Waals surface area contributed by atoms with Gasteiger partial charge in [-0.15, -0.1) is 0 Å². The van der Waals surface area contributed by atoms with Crippen molar-refractivity contribution in [1.29, 1.82) is 0 Å². The summed E-state index contributed by atoms with van der Waals surface area (Å²) in [4.78, 5) is 12.0. The molecule has 2 aromatic rings. The third-order valence-corrected chi connectivity index (χ3v) is 2.75. The highest BCUT2D eigenvalue weighted by molar-refractivity contribution is 6.06. The van der Waals surface area contributed by atoms with Crippen LogP contribution in [0.4, 0.5) is 0 Å². The zero-order valence-electron chi connectivity index (χ0n) is 11.2. The molecular formula is C18H16O2. The number of hydrogen-bond donors (Lipinski definition) is 0. The van der Waals surface area contributed by atoms with Crippen molar-refractivity contribution < 1.29 is 9.53 Å². The minimum absolute atomic E-state index is 0.0240. The van der Waals surface area contributed by atoms with E-state index in [4.69, 9.17) is 4.74 Å². The fourth-order valence-corrected chi connectivity index (χ4v) is 1.76. The van der Waals surface area contributed by atoms with Gasteiger partial charge in [0, 0.05) is 11.1 Å². The number of hydrogen-bond acceptors (Lipinski definition) is 2. The summed E-state index contributed by atoms with van der Waals surface area (Å²) in [5.74, 6) is 0.716. The molecule has 0 aliphatic carbocycles. The molecule has 20 heavy (non-hydrogen) atoms. The van der Waals surface area contributed by atoms with Crippen LogP contribution in [-0.4, -0.2) is 12.4 Å². The van der Waals surface area contributed by atoms with Crippen molar-refractivity contribution in [2.45, 2.75) is 0 Å². The lowest BCUT2D eigenvalue weighted by atomic mass is 10.1. The van der Waals surface area contributed by atoms with E-state index in [9.17, 15) is 4.79 Å². The molecule has 2 heteroatoms. The van der Waals surface area contributed by atoms with Gasteiger partial charge in [-0.25, -0.2) is 0 Å². The van der Waals surface area contributed by atoms with Crippen LogP contribution >= 0.6 is 0 Å². The van der Waals surface area contributed by atoms with E-state index < -0.39 is 0 Å². The number of ketones is 1. The smallest absolute Gasteiger partial charge is 0.185 e. The Labute approximate surface area is 119 Å². The first kappa shape index (κ1) is 13.8. The Kier molecular flexibility index (Phi) is 4.90. The summed E-state index contributed by atoms with van der Waals surface area (Å²) in [5.41, 5.74) is 1.55. The molecule has 0 aromatic heterocycles. The Morgan fingerprint density at radius 2 is 1.75 bits per heavy atom. The Hall–Kier alpha value is -2.61.